The molecular formula is C31H36Cl2F6N4O5S. The Bertz CT molecular complexity index is 1630. The average Bonchev–Trinajstić information content (AvgIpc) is 3.39. The number of hydrogen-bond acceptors (Lipinski definition) is 8. The molecule has 3 rings (SSSR count). The number of alkyl halides is 6. The first kappa shape index (κ1) is 42.0. The van der Waals surface area contributed by atoms with Crippen molar-refractivity contribution >= 4 is 62.2 Å². The molecule has 1 heterocycles. The largest absolute Gasteiger partial charge is 0.506 e. The van der Waals surface area contributed by atoms with Crippen molar-refractivity contribution < 1.29 is 45.8 Å². The number of H-pyrrole nitrogens is 1. The van der Waals surface area contributed by atoms with E-state index < -0.39 is 23.9 Å². The number of hydrogen-bond donors (Lipinski definition) is 4. The molecule has 0 atom stereocenters. The van der Waals surface area contributed by atoms with Gasteiger partial charge in [-0.05, 0) is 60.7 Å². The van der Waals surface area contributed by atoms with Crippen molar-refractivity contribution in [2.24, 2.45) is 5.41 Å². The number of fused-ring (bicyclic) bond motifs is 1. The van der Waals surface area contributed by atoms with Crippen LogP contribution in [-0.4, -0.2) is 84.1 Å². The van der Waals surface area contributed by atoms with Gasteiger partial charge >= 0.3 is 28.8 Å². The fourth-order valence-electron chi connectivity index (χ4n) is 4.36. The molecule has 0 aliphatic rings. The maximum absolute atomic E-state index is 13.0. The van der Waals surface area contributed by atoms with Crippen LogP contribution in [0.4, 0.5) is 26.3 Å². The van der Waals surface area contributed by atoms with E-state index in [1.807, 2.05) is 23.1 Å². The molecule has 18 heteroatoms. The van der Waals surface area contributed by atoms with Crippen LogP contribution in [0.5, 0.6) is 5.75 Å². The first-order valence-corrected chi connectivity index (χ1v) is 16.4. The van der Waals surface area contributed by atoms with Crippen LogP contribution in [0, 0.1) is 5.41 Å². The van der Waals surface area contributed by atoms with Crippen LogP contribution in [-0.2, 0) is 27.2 Å². The molecule has 0 aliphatic carbocycles. The number of ketones is 2. The van der Waals surface area contributed by atoms with Crippen molar-refractivity contribution in [1.29, 1.82) is 0 Å². The van der Waals surface area contributed by atoms with Gasteiger partial charge in [0.25, 0.3) is 0 Å². The van der Waals surface area contributed by atoms with Crippen molar-refractivity contribution in [1.82, 2.24) is 20.5 Å². The molecule has 9 nitrogen and oxygen atoms in total. The van der Waals surface area contributed by atoms with Crippen LogP contribution >= 0.6 is 34.5 Å². The molecule has 0 radical (unpaired) electrons. The summed E-state index contributed by atoms with van der Waals surface area (Å²) < 4.78 is 67.8. The Kier molecular flexibility index (Phi) is 15.6. The Morgan fingerprint density at radius 1 is 0.857 bits per heavy atom. The molecule has 4 N–H and O–H groups in total. The minimum Gasteiger partial charge on any atom is -0.506 e. The first-order chi connectivity index (χ1) is 22.6. The molecule has 0 aliphatic heterocycles. The number of thiazole rings is 1. The molecule has 3 aromatic rings. The second kappa shape index (κ2) is 18.2. The lowest BCUT2D eigenvalue weighted by molar-refractivity contribution is -0.193. The lowest BCUT2D eigenvalue weighted by Gasteiger charge is -2.30. The zero-order valence-electron chi connectivity index (χ0n) is 26.7. The van der Waals surface area contributed by atoms with E-state index in [1.54, 1.807) is 12.1 Å². The number of halogens is 8. The third kappa shape index (κ3) is 14.3. The summed E-state index contributed by atoms with van der Waals surface area (Å²) in [5.41, 5.74) is 2.62. The molecule has 0 saturated carbocycles. The van der Waals surface area contributed by atoms with E-state index in [9.17, 15) is 50.6 Å². The average molecular weight is 762 g/mol. The number of nitrogens with one attached hydrogen (secondary N) is 3. The second-order valence-corrected chi connectivity index (χ2v) is 13.8. The van der Waals surface area contributed by atoms with Crippen molar-refractivity contribution in [2.75, 3.05) is 39.3 Å². The molecule has 1 amide bonds. The predicted octanol–water partition coefficient (Wildman–Crippen LogP) is 6.08. The smallest absolute Gasteiger partial charge is 0.458 e. The summed E-state index contributed by atoms with van der Waals surface area (Å²) in [5, 5.41) is 17.8. The predicted molar refractivity (Wildman–Crippen MR) is 176 cm³/mol. The number of nitrogens with zero attached hydrogens (tertiary/aromatic N) is 1. The number of Topliss-reactive ketones (excluding diaryl/α,β-unsaturated/α-hetero) is 2. The molecule has 49 heavy (non-hydrogen) atoms. The maximum Gasteiger partial charge on any atom is 0.458 e. The Labute approximate surface area is 292 Å². The highest BCUT2D eigenvalue weighted by molar-refractivity contribution is 7.16. The number of carbonyl (C=O) groups excluding carboxylic acids is 3. The summed E-state index contributed by atoms with van der Waals surface area (Å²) in [4.78, 5) is 48.4. The number of aromatic nitrogens is 1. The van der Waals surface area contributed by atoms with Gasteiger partial charge in [0.05, 0.1) is 14.7 Å². The highest BCUT2D eigenvalue weighted by atomic mass is 35.5. The molecule has 0 fully saturated rings. The summed E-state index contributed by atoms with van der Waals surface area (Å²) >= 11 is 13.2. The zero-order chi connectivity index (χ0) is 37.2. The number of phenolic OH excluding ortho intramolecular Hbond substituents is 1. The number of phenols is 1. The molecule has 0 saturated heterocycles. The monoisotopic (exact) mass is 760 g/mol. The second-order valence-electron chi connectivity index (χ2n) is 12.0. The van der Waals surface area contributed by atoms with Gasteiger partial charge in [0.15, 0.2) is 0 Å². The molecule has 1 aromatic heterocycles. The minimum absolute atomic E-state index is 0.000293. The van der Waals surface area contributed by atoms with Crippen LogP contribution in [0.3, 0.4) is 0 Å². The lowest BCUT2D eigenvalue weighted by atomic mass is 9.96. The van der Waals surface area contributed by atoms with Crippen molar-refractivity contribution in [3.05, 3.63) is 61.2 Å². The van der Waals surface area contributed by atoms with E-state index >= 15 is 0 Å². The number of carbonyl (C=O) groups is 3. The van der Waals surface area contributed by atoms with Gasteiger partial charge in [0.2, 0.25) is 5.91 Å². The number of aromatic hydroxyl groups is 1. The summed E-state index contributed by atoms with van der Waals surface area (Å²) in [6.07, 6.45) is -9.57. The highest BCUT2D eigenvalue weighted by Crippen LogP contribution is 2.28. The quantitative estimate of drug-likeness (QED) is 0.0891. The Morgan fingerprint density at radius 3 is 2.02 bits per heavy atom. The molecule has 0 unspecified atom stereocenters. The Morgan fingerprint density at radius 2 is 1.45 bits per heavy atom. The van der Waals surface area contributed by atoms with Gasteiger partial charge in [-0.2, -0.15) is 26.3 Å². The maximum atomic E-state index is 13.0. The van der Waals surface area contributed by atoms with E-state index in [1.165, 1.54) is 0 Å². The standard InChI is InChI=1S/C27H36Cl2N4O3S.C4F6O2/c1-27(2,3)17-33(23(35)10-13-30-11-8-18-4-6-20(28)21(29)16-18)15-14-31-12-9-19-5-7-22(34)24-25(19)37-26(36)32-24;5-3(6,7)1(11)2(12)4(8,9)10/h4-7,16,30-31,34H,8-15,17H2,1-3H3,(H,32,36);. The molecule has 0 spiro atoms. The third-order valence-corrected chi connectivity index (χ3v) is 8.29. The van der Waals surface area contributed by atoms with Crippen LogP contribution in [0.25, 0.3) is 10.2 Å². The highest BCUT2D eigenvalue weighted by Gasteiger charge is 2.54. The first-order valence-electron chi connectivity index (χ1n) is 14.8. The molecule has 0 bridgehead atoms. The number of benzene rings is 2. The van der Waals surface area contributed by atoms with Crippen LogP contribution in [0.2, 0.25) is 10.0 Å². The van der Waals surface area contributed by atoms with Gasteiger partial charge in [0.1, 0.15) is 11.3 Å². The zero-order valence-corrected chi connectivity index (χ0v) is 29.0. The summed E-state index contributed by atoms with van der Waals surface area (Å²) in [7, 11) is 0. The van der Waals surface area contributed by atoms with Gasteiger partial charge in [-0.25, -0.2) is 0 Å². The summed E-state index contributed by atoms with van der Waals surface area (Å²) in [6, 6.07) is 9.10. The van der Waals surface area contributed by atoms with Gasteiger partial charge < -0.3 is 25.6 Å². The summed E-state index contributed by atoms with van der Waals surface area (Å²) in [5.74, 6) is -6.59. The Hall–Kier alpha value is -3.18. The third-order valence-electron chi connectivity index (χ3n) is 6.60. The van der Waals surface area contributed by atoms with Gasteiger partial charge in [-0.1, -0.05) is 67.4 Å². The van der Waals surface area contributed by atoms with Gasteiger partial charge in [-0.3, -0.25) is 19.2 Å². The van der Waals surface area contributed by atoms with Crippen molar-refractivity contribution in [3.8, 4) is 5.75 Å². The topological polar surface area (TPSA) is 132 Å². The van der Waals surface area contributed by atoms with Crippen LogP contribution in [0.15, 0.2) is 35.1 Å². The van der Waals surface area contributed by atoms with E-state index in [0.29, 0.717) is 54.7 Å². The summed E-state index contributed by atoms with van der Waals surface area (Å²) in [6.45, 7) is 10.5. The fraction of sp³-hybridized carbons (Fsp3) is 0.484. The molecule has 2 aromatic carbocycles. The van der Waals surface area contributed by atoms with Gasteiger partial charge in [0, 0.05) is 32.6 Å². The Balaban J connectivity index is 0.000000591. The number of rotatable bonds is 14. The van der Waals surface area contributed by atoms with E-state index in [2.05, 4.69) is 36.4 Å². The normalized spacial score (nSPS) is 12.1. The number of aromatic amines is 1. The van der Waals surface area contributed by atoms with Crippen LogP contribution < -0.4 is 15.5 Å². The number of amides is 1. The SMILES string of the molecule is CC(C)(C)CN(CCNCCc1ccc(O)c2[nH]c(=O)sc12)C(=O)CCNCCc1ccc(Cl)c(Cl)c1.O=C(C(=O)C(F)(F)F)C(F)(F)F. The van der Waals surface area contributed by atoms with E-state index in [0.717, 1.165) is 46.6 Å². The van der Waals surface area contributed by atoms with Crippen LogP contribution in [0.1, 0.15) is 38.3 Å². The van der Waals surface area contributed by atoms with Crippen molar-refractivity contribution in [3.63, 3.8) is 0 Å². The minimum atomic E-state index is -5.77. The molecular weight excluding hydrogens is 725 g/mol. The van der Waals surface area contributed by atoms with Crippen molar-refractivity contribution in [2.45, 2.75) is 52.4 Å². The fourth-order valence-corrected chi connectivity index (χ4v) is 5.58. The van der Waals surface area contributed by atoms with E-state index in [-0.39, 0.29) is 21.9 Å². The lowest BCUT2D eigenvalue weighted by Crippen LogP contribution is -2.42. The van der Waals surface area contributed by atoms with E-state index in [4.69, 9.17) is 23.2 Å². The molecule has 272 valence electrons. The van der Waals surface area contributed by atoms with Gasteiger partial charge in [-0.15, -0.1) is 0 Å².